The molecular formula is C17H14N2OS. The van der Waals surface area contributed by atoms with Gasteiger partial charge in [-0.2, -0.15) is 0 Å². The molecule has 2 aromatic carbocycles. The Morgan fingerprint density at radius 1 is 1.19 bits per heavy atom. The van der Waals surface area contributed by atoms with Gasteiger partial charge in [-0.3, -0.25) is 10.1 Å². The lowest BCUT2D eigenvalue weighted by Gasteiger charge is -2.01. The Balaban J connectivity index is 1.89. The van der Waals surface area contributed by atoms with E-state index in [0.717, 1.165) is 11.3 Å². The molecule has 1 heterocycles. The molecule has 3 nitrogen and oxygen atoms in total. The van der Waals surface area contributed by atoms with Crippen LogP contribution >= 0.6 is 11.3 Å². The first-order valence-electron chi connectivity index (χ1n) is 6.64. The van der Waals surface area contributed by atoms with Crippen molar-refractivity contribution in [2.75, 3.05) is 5.32 Å². The maximum Gasteiger partial charge on any atom is 0.249 e. The second-order valence-electron chi connectivity index (χ2n) is 4.59. The molecule has 0 radical (unpaired) electrons. The first-order chi connectivity index (χ1) is 10.3. The molecule has 0 aliphatic carbocycles. The van der Waals surface area contributed by atoms with Crippen molar-refractivity contribution in [1.29, 1.82) is 0 Å². The zero-order chi connectivity index (χ0) is 14.7. The minimum atomic E-state index is -0.156. The van der Waals surface area contributed by atoms with Gasteiger partial charge in [-0.1, -0.05) is 42.5 Å². The fourth-order valence-corrected chi connectivity index (χ4v) is 2.83. The largest absolute Gasteiger partial charge is 0.298 e. The van der Waals surface area contributed by atoms with Gasteiger partial charge in [-0.25, -0.2) is 4.98 Å². The second kappa shape index (κ2) is 5.89. The summed E-state index contributed by atoms with van der Waals surface area (Å²) in [6.07, 6.45) is 3.18. The van der Waals surface area contributed by atoms with E-state index in [0.29, 0.717) is 5.13 Å². The van der Waals surface area contributed by atoms with Gasteiger partial charge in [-0.05, 0) is 29.8 Å². The van der Waals surface area contributed by atoms with E-state index < -0.39 is 0 Å². The first-order valence-corrected chi connectivity index (χ1v) is 7.52. The van der Waals surface area contributed by atoms with Crippen molar-refractivity contribution in [2.45, 2.75) is 6.92 Å². The van der Waals surface area contributed by atoms with Crippen LogP contribution < -0.4 is 5.32 Å². The molecule has 1 aromatic heterocycles. The molecule has 0 unspecified atom stereocenters. The van der Waals surface area contributed by atoms with E-state index in [4.69, 9.17) is 0 Å². The standard InChI is InChI=1S/C17H14N2OS/c1-2-5-16(20)19-17-18-15(11-21-17)14-9-8-12-6-3-4-7-13(12)10-14/h2-11H,1H3,(H,18,19,20)/b5-2+. The minimum Gasteiger partial charge on any atom is -0.298 e. The Morgan fingerprint density at radius 3 is 2.81 bits per heavy atom. The van der Waals surface area contributed by atoms with E-state index in [9.17, 15) is 4.79 Å². The van der Waals surface area contributed by atoms with Crippen molar-refractivity contribution >= 4 is 33.1 Å². The van der Waals surface area contributed by atoms with Crippen molar-refractivity contribution in [1.82, 2.24) is 4.98 Å². The van der Waals surface area contributed by atoms with Gasteiger partial charge in [0.1, 0.15) is 0 Å². The second-order valence-corrected chi connectivity index (χ2v) is 5.45. The highest BCUT2D eigenvalue weighted by Gasteiger charge is 2.06. The van der Waals surface area contributed by atoms with Gasteiger partial charge in [-0.15, -0.1) is 11.3 Å². The average Bonchev–Trinajstić information content (AvgIpc) is 2.95. The summed E-state index contributed by atoms with van der Waals surface area (Å²) in [5.41, 5.74) is 1.93. The summed E-state index contributed by atoms with van der Waals surface area (Å²) >= 11 is 1.43. The number of thiazole rings is 1. The molecule has 0 spiro atoms. The van der Waals surface area contributed by atoms with Crippen molar-refractivity contribution in [3.63, 3.8) is 0 Å². The van der Waals surface area contributed by atoms with Gasteiger partial charge < -0.3 is 0 Å². The van der Waals surface area contributed by atoms with Crippen LogP contribution in [0.1, 0.15) is 6.92 Å². The molecule has 3 rings (SSSR count). The smallest absolute Gasteiger partial charge is 0.249 e. The molecule has 0 bridgehead atoms. The van der Waals surface area contributed by atoms with Crippen LogP contribution in [0.3, 0.4) is 0 Å². The molecule has 0 fully saturated rings. The van der Waals surface area contributed by atoms with Crippen LogP contribution in [0.25, 0.3) is 22.0 Å². The number of aromatic nitrogens is 1. The third-order valence-corrected chi connectivity index (χ3v) is 3.86. The van der Waals surface area contributed by atoms with Crippen LogP contribution in [0, 0.1) is 0 Å². The number of hydrogen-bond acceptors (Lipinski definition) is 3. The van der Waals surface area contributed by atoms with Crippen molar-refractivity contribution in [3.8, 4) is 11.3 Å². The number of anilines is 1. The number of fused-ring (bicyclic) bond motifs is 1. The Bertz CT molecular complexity index is 820. The summed E-state index contributed by atoms with van der Waals surface area (Å²) in [5.74, 6) is -0.156. The lowest BCUT2D eigenvalue weighted by molar-refractivity contribution is -0.111. The van der Waals surface area contributed by atoms with Gasteiger partial charge in [0, 0.05) is 10.9 Å². The Morgan fingerprint density at radius 2 is 2.00 bits per heavy atom. The van der Waals surface area contributed by atoms with Gasteiger partial charge >= 0.3 is 0 Å². The zero-order valence-corrected chi connectivity index (χ0v) is 12.4. The van der Waals surface area contributed by atoms with Gasteiger partial charge in [0.15, 0.2) is 5.13 Å². The molecule has 0 aliphatic rings. The first kappa shape index (κ1) is 13.5. The molecule has 0 atom stereocenters. The molecule has 104 valence electrons. The van der Waals surface area contributed by atoms with Crippen LogP contribution in [0.4, 0.5) is 5.13 Å². The van der Waals surface area contributed by atoms with Crippen molar-refractivity contribution < 1.29 is 4.79 Å². The minimum absolute atomic E-state index is 0.156. The fraction of sp³-hybridized carbons (Fsp3) is 0.0588. The average molecular weight is 294 g/mol. The summed E-state index contributed by atoms with van der Waals surface area (Å²) < 4.78 is 0. The quantitative estimate of drug-likeness (QED) is 0.724. The molecule has 4 heteroatoms. The predicted molar refractivity (Wildman–Crippen MR) is 88.5 cm³/mol. The van der Waals surface area contributed by atoms with E-state index in [2.05, 4.69) is 40.6 Å². The number of hydrogen-bond donors (Lipinski definition) is 1. The van der Waals surface area contributed by atoms with Crippen LogP contribution in [0.15, 0.2) is 60.0 Å². The molecule has 3 aromatic rings. The van der Waals surface area contributed by atoms with Gasteiger partial charge in [0.25, 0.3) is 0 Å². The fourth-order valence-electron chi connectivity index (χ4n) is 2.11. The molecule has 21 heavy (non-hydrogen) atoms. The molecular weight excluding hydrogens is 280 g/mol. The van der Waals surface area contributed by atoms with Crippen molar-refractivity contribution in [2.24, 2.45) is 0 Å². The molecule has 1 amide bonds. The maximum atomic E-state index is 11.5. The van der Waals surface area contributed by atoms with Crippen molar-refractivity contribution in [3.05, 3.63) is 60.0 Å². The van der Waals surface area contributed by atoms with Gasteiger partial charge in [0.05, 0.1) is 5.69 Å². The topological polar surface area (TPSA) is 42.0 Å². The molecule has 0 saturated heterocycles. The van der Waals surface area contributed by atoms with E-state index in [1.54, 1.807) is 6.08 Å². The highest BCUT2D eigenvalue weighted by Crippen LogP contribution is 2.27. The van der Waals surface area contributed by atoms with Gasteiger partial charge in [0.2, 0.25) is 5.91 Å². The number of benzene rings is 2. The number of allylic oxidation sites excluding steroid dienone is 1. The maximum absolute atomic E-state index is 11.5. The predicted octanol–water partition coefficient (Wildman–Crippen LogP) is 4.48. The van der Waals surface area contributed by atoms with E-state index in [1.807, 2.05) is 24.4 Å². The third kappa shape index (κ3) is 3.01. The number of nitrogens with one attached hydrogen (secondary N) is 1. The Hall–Kier alpha value is -2.46. The summed E-state index contributed by atoms with van der Waals surface area (Å²) in [4.78, 5) is 16.0. The van der Waals surface area contributed by atoms with Crippen LogP contribution in [-0.4, -0.2) is 10.9 Å². The van der Waals surface area contributed by atoms with Crippen LogP contribution in [0.2, 0.25) is 0 Å². The molecule has 0 saturated carbocycles. The normalized spacial score (nSPS) is 11.1. The number of carbonyl (C=O) groups excluding carboxylic acids is 1. The third-order valence-electron chi connectivity index (χ3n) is 3.10. The van der Waals surface area contributed by atoms with E-state index in [-0.39, 0.29) is 5.91 Å². The summed E-state index contributed by atoms with van der Waals surface area (Å²) in [6.45, 7) is 1.81. The summed E-state index contributed by atoms with van der Waals surface area (Å²) in [7, 11) is 0. The van der Waals surface area contributed by atoms with Crippen LogP contribution in [0.5, 0.6) is 0 Å². The highest BCUT2D eigenvalue weighted by molar-refractivity contribution is 7.14. The number of rotatable bonds is 3. The monoisotopic (exact) mass is 294 g/mol. The lowest BCUT2D eigenvalue weighted by Crippen LogP contribution is -2.07. The van der Waals surface area contributed by atoms with E-state index >= 15 is 0 Å². The summed E-state index contributed by atoms with van der Waals surface area (Å²) in [5, 5.41) is 7.71. The lowest BCUT2D eigenvalue weighted by atomic mass is 10.1. The highest BCUT2D eigenvalue weighted by atomic mass is 32.1. The number of nitrogens with zero attached hydrogens (tertiary/aromatic N) is 1. The molecule has 0 aliphatic heterocycles. The summed E-state index contributed by atoms with van der Waals surface area (Å²) in [6, 6.07) is 14.5. The molecule has 1 N–H and O–H groups in total. The zero-order valence-electron chi connectivity index (χ0n) is 11.5. The van der Waals surface area contributed by atoms with E-state index in [1.165, 1.54) is 28.2 Å². The number of amides is 1. The number of carbonyl (C=O) groups is 1. The Kier molecular flexibility index (Phi) is 3.79. The van der Waals surface area contributed by atoms with Crippen LogP contribution in [-0.2, 0) is 4.79 Å². The SMILES string of the molecule is C/C=C/C(=O)Nc1nc(-c2ccc3ccccc3c2)cs1. The Labute approximate surface area is 127 Å².